The molecule has 0 bridgehead atoms. The molecule has 0 fully saturated rings. The van der Waals surface area contributed by atoms with Gasteiger partial charge in [0.05, 0.1) is 22.1 Å². The van der Waals surface area contributed by atoms with Gasteiger partial charge in [0.1, 0.15) is 0 Å². The Balaban J connectivity index is 1.11. The molecule has 11 aromatic rings. The molecule has 8 aromatic carbocycles. The molecule has 0 unspecified atom stereocenters. The number of nitrogens with zero attached hydrogens (tertiary/aromatic N) is 2. The van der Waals surface area contributed by atoms with Gasteiger partial charge in [0.15, 0.2) is 0 Å². The molecule has 51 heavy (non-hydrogen) atoms. The van der Waals surface area contributed by atoms with Gasteiger partial charge < -0.3 is 9.13 Å². The van der Waals surface area contributed by atoms with E-state index in [1.54, 1.807) is 0 Å². The summed E-state index contributed by atoms with van der Waals surface area (Å²) in [4.78, 5) is 0. The van der Waals surface area contributed by atoms with Gasteiger partial charge in [-0.3, -0.25) is 0 Å². The van der Waals surface area contributed by atoms with Crippen LogP contribution in [0, 0.1) is 0 Å². The molecule has 0 radical (unpaired) electrons. The highest BCUT2D eigenvalue weighted by atomic mass is 32.1. The lowest BCUT2D eigenvalue weighted by Gasteiger charge is -2.11. The molecule has 0 aliphatic carbocycles. The summed E-state index contributed by atoms with van der Waals surface area (Å²) in [6.07, 6.45) is 0. The van der Waals surface area contributed by atoms with E-state index in [-0.39, 0.29) is 0 Å². The molecule has 0 aliphatic heterocycles. The van der Waals surface area contributed by atoms with E-state index in [2.05, 4.69) is 191 Å². The summed E-state index contributed by atoms with van der Waals surface area (Å²) < 4.78 is 7.57. The third kappa shape index (κ3) is 4.29. The van der Waals surface area contributed by atoms with Crippen LogP contribution >= 0.6 is 11.3 Å². The van der Waals surface area contributed by atoms with Crippen LogP contribution in [0.1, 0.15) is 0 Å². The van der Waals surface area contributed by atoms with E-state index in [0.29, 0.717) is 0 Å². The van der Waals surface area contributed by atoms with Crippen LogP contribution in [-0.2, 0) is 0 Å². The van der Waals surface area contributed by atoms with Crippen molar-refractivity contribution >= 4 is 75.1 Å². The third-order valence-electron chi connectivity index (χ3n) is 10.5. The maximum absolute atomic E-state index is 2.50. The number of aromatic nitrogens is 2. The second-order valence-corrected chi connectivity index (χ2v) is 14.4. The van der Waals surface area contributed by atoms with Crippen LogP contribution in [-0.4, -0.2) is 9.13 Å². The number of benzene rings is 8. The zero-order valence-corrected chi connectivity index (χ0v) is 28.4. The minimum Gasteiger partial charge on any atom is -0.309 e. The highest BCUT2D eigenvalue weighted by Gasteiger charge is 2.21. The van der Waals surface area contributed by atoms with E-state index in [1.165, 1.54) is 91.7 Å². The molecule has 3 heterocycles. The number of thiophene rings is 1. The van der Waals surface area contributed by atoms with Crippen LogP contribution in [0.15, 0.2) is 182 Å². The molecule has 0 amide bonds. The Morgan fingerprint density at radius 1 is 0.314 bits per heavy atom. The maximum atomic E-state index is 2.50. The Morgan fingerprint density at radius 3 is 1.59 bits per heavy atom. The number of rotatable bonds is 4. The van der Waals surface area contributed by atoms with Crippen molar-refractivity contribution in [3.05, 3.63) is 182 Å². The Hall–Kier alpha value is -6.42. The quantitative estimate of drug-likeness (QED) is 0.177. The average molecular weight is 667 g/mol. The van der Waals surface area contributed by atoms with Crippen molar-refractivity contribution < 1.29 is 0 Å². The highest BCUT2D eigenvalue weighted by Crippen LogP contribution is 2.43. The van der Waals surface area contributed by atoms with Gasteiger partial charge in [-0.05, 0) is 70.8 Å². The molecule has 0 N–H and O–H groups in total. The zero-order valence-electron chi connectivity index (χ0n) is 27.6. The van der Waals surface area contributed by atoms with Gasteiger partial charge in [0.25, 0.3) is 0 Å². The van der Waals surface area contributed by atoms with Crippen molar-refractivity contribution in [1.82, 2.24) is 9.13 Å². The fourth-order valence-corrected chi connectivity index (χ4v) is 9.34. The molecular weight excluding hydrogens is 637 g/mol. The minimum absolute atomic E-state index is 1.15. The van der Waals surface area contributed by atoms with Gasteiger partial charge in [0.2, 0.25) is 0 Å². The van der Waals surface area contributed by atoms with Gasteiger partial charge in [-0.25, -0.2) is 0 Å². The van der Waals surface area contributed by atoms with Crippen molar-refractivity contribution in [2.24, 2.45) is 0 Å². The monoisotopic (exact) mass is 666 g/mol. The largest absolute Gasteiger partial charge is 0.309 e. The Morgan fingerprint density at radius 2 is 0.843 bits per heavy atom. The van der Waals surface area contributed by atoms with Gasteiger partial charge in [0, 0.05) is 53.1 Å². The molecule has 0 saturated heterocycles. The molecule has 0 aliphatic rings. The lowest BCUT2D eigenvalue weighted by molar-refractivity contribution is 1.18. The van der Waals surface area contributed by atoms with Crippen LogP contribution in [0.2, 0.25) is 0 Å². The fraction of sp³-hybridized carbons (Fsp3) is 0. The predicted molar refractivity (Wildman–Crippen MR) is 219 cm³/mol. The molecule has 2 nitrogen and oxygen atoms in total. The number of hydrogen-bond acceptors (Lipinski definition) is 1. The normalized spacial score (nSPS) is 11.9. The molecule has 0 saturated carbocycles. The number of para-hydroxylation sites is 2. The summed E-state index contributed by atoms with van der Waals surface area (Å²) in [5.41, 5.74) is 12.1. The smallest absolute Gasteiger partial charge is 0.0641 e. The summed E-state index contributed by atoms with van der Waals surface area (Å²) in [6, 6.07) is 66.6. The van der Waals surface area contributed by atoms with Crippen LogP contribution in [0.4, 0.5) is 0 Å². The van der Waals surface area contributed by atoms with E-state index in [0.717, 1.165) is 5.69 Å². The lowest BCUT2D eigenvalue weighted by Crippen LogP contribution is -1.95. The van der Waals surface area contributed by atoms with Crippen LogP contribution < -0.4 is 0 Å². The van der Waals surface area contributed by atoms with Crippen molar-refractivity contribution in [2.75, 3.05) is 0 Å². The molecule has 3 heteroatoms. The topological polar surface area (TPSA) is 9.86 Å². The van der Waals surface area contributed by atoms with Crippen molar-refractivity contribution in [2.45, 2.75) is 0 Å². The molecule has 0 atom stereocenters. The fourth-order valence-electron chi connectivity index (χ4n) is 8.20. The molecular formula is C48H30N2S. The van der Waals surface area contributed by atoms with Crippen molar-refractivity contribution in [3.63, 3.8) is 0 Å². The predicted octanol–water partition coefficient (Wildman–Crippen LogP) is 13.6. The molecule has 11 rings (SSSR count). The van der Waals surface area contributed by atoms with E-state index in [4.69, 9.17) is 0 Å². The standard InChI is InChI=1S/C48H30N2S/c1-2-10-31(11-3-1)32-18-20-33(21-19-32)34-22-24-35(25-23-34)49-43-16-8-5-14-41(43)47-44(49)29-28-40-37-12-4-7-15-42(37)50(48(40)47)36-26-27-39-38-13-6-9-17-45(38)51-46(39)30-36/h1-30H. The van der Waals surface area contributed by atoms with Crippen LogP contribution in [0.25, 0.3) is 97.4 Å². The van der Waals surface area contributed by atoms with Gasteiger partial charge in [-0.1, -0.05) is 133 Å². The van der Waals surface area contributed by atoms with Crippen LogP contribution in [0.3, 0.4) is 0 Å². The van der Waals surface area contributed by atoms with E-state index < -0.39 is 0 Å². The summed E-state index contributed by atoms with van der Waals surface area (Å²) in [7, 11) is 0. The van der Waals surface area contributed by atoms with Gasteiger partial charge >= 0.3 is 0 Å². The average Bonchev–Trinajstić information content (AvgIpc) is 3.86. The van der Waals surface area contributed by atoms with Gasteiger partial charge in [-0.2, -0.15) is 0 Å². The summed E-state index contributed by atoms with van der Waals surface area (Å²) >= 11 is 1.87. The molecule has 238 valence electrons. The zero-order chi connectivity index (χ0) is 33.5. The van der Waals surface area contributed by atoms with Crippen molar-refractivity contribution in [1.29, 1.82) is 0 Å². The second-order valence-electron chi connectivity index (χ2n) is 13.3. The first kappa shape index (κ1) is 28.4. The SMILES string of the molecule is c1ccc(-c2ccc(-c3ccc(-n4c5ccccc5c5c4ccc4c6ccccc6n(-c6ccc7c(c6)sc6ccccc67)c45)cc3)cc2)cc1. The van der Waals surface area contributed by atoms with Crippen molar-refractivity contribution in [3.8, 4) is 33.6 Å². The first-order chi connectivity index (χ1) is 25.3. The van der Waals surface area contributed by atoms with E-state index >= 15 is 0 Å². The van der Waals surface area contributed by atoms with Crippen LogP contribution in [0.5, 0.6) is 0 Å². The first-order valence-electron chi connectivity index (χ1n) is 17.4. The molecule has 3 aromatic heterocycles. The highest BCUT2D eigenvalue weighted by molar-refractivity contribution is 7.25. The minimum atomic E-state index is 1.15. The second kappa shape index (κ2) is 11.0. The lowest BCUT2D eigenvalue weighted by atomic mass is 10.0. The Bertz CT molecular complexity index is 3100. The Kier molecular flexibility index (Phi) is 6.16. The molecule has 0 spiro atoms. The third-order valence-corrected chi connectivity index (χ3v) is 11.7. The number of hydrogen-bond donors (Lipinski definition) is 0. The van der Waals surface area contributed by atoms with E-state index in [1.807, 2.05) is 11.3 Å². The van der Waals surface area contributed by atoms with E-state index in [9.17, 15) is 0 Å². The first-order valence-corrected chi connectivity index (χ1v) is 18.3. The Labute approximate surface area is 298 Å². The summed E-state index contributed by atoms with van der Waals surface area (Å²) in [5.74, 6) is 0. The van der Waals surface area contributed by atoms with Gasteiger partial charge in [-0.15, -0.1) is 11.3 Å². The summed E-state index contributed by atoms with van der Waals surface area (Å²) in [6.45, 7) is 0. The summed E-state index contributed by atoms with van der Waals surface area (Å²) in [5, 5.41) is 7.71. The number of fused-ring (bicyclic) bond motifs is 10. The maximum Gasteiger partial charge on any atom is 0.0641 e.